The molecule has 1 heterocycles. The van der Waals surface area contributed by atoms with Gasteiger partial charge in [-0.2, -0.15) is 13.2 Å². The molecule has 1 aromatic rings. The quantitative estimate of drug-likeness (QED) is 0.666. The predicted octanol–water partition coefficient (Wildman–Crippen LogP) is 3.33. The Bertz CT molecular complexity index is 574. The molecule has 0 amide bonds. The van der Waals surface area contributed by atoms with Crippen LogP contribution in [0, 0.1) is 0 Å². The van der Waals surface area contributed by atoms with Crippen LogP contribution in [0.1, 0.15) is 33.3 Å². The van der Waals surface area contributed by atoms with Crippen molar-refractivity contribution in [3.8, 4) is 0 Å². The standard InChI is InChI=1S/C14H18BClF3NO2/c1-12(2)13(3,4)22-15(21-12)10-5-8(20)6-11(16)9(10)7-14(17,18)19/h5-6H,7,20H2,1-4H3. The summed E-state index contributed by atoms with van der Waals surface area (Å²) in [6, 6.07) is 2.73. The highest BCUT2D eigenvalue weighted by molar-refractivity contribution is 6.63. The highest BCUT2D eigenvalue weighted by Crippen LogP contribution is 2.37. The van der Waals surface area contributed by atoms with Gasteiger partial charge in [-0.15, -0.1) is 0 Å². The lowest BCUT2D eigenvalue weighted by molar-refractivity contribution is -0.127. The molecule has 3 nitrogen and oxygen atoms in total. The number of hydrogen-bond donors (Lipinski definition) is 1. The molecule has 8 heteroatoms. The molecule has 0 aliphatic carbocycles. The topological polar surface area (TPSA) is 44.5 Å². The van der Waals surface area contributed by atoms with Crippen LogP contribution in [-0.4, -0.2) is 24.5 Å². The normalized spacial score (nSPS) is 20.5. The van der Waals surface area contributed by atoms with Gasteiger partial charge in [0.05, 0.1) is 17.6 Å². The molecule has 0 unspecified atom stereocenters. The van der Waals surface area contributed by atoms with E-state index < -0.39 is 30.9 Å². The van der Waals surface area contributed by atoms with Gasteiger partial charge in [0.2, 0.25) is 0 Å². The lowest BCUT2D eigenvalue weighted by Gasteiger charge is -2.32. The van der Waals surface area contributed by atoms with E-state index in [-0.39, 0.29) is 21.7 Å². The van der Waals surface area contributed by atoms with E-state index in [2.05, 4.69) is 0 Å². The number of anilines is 1. The first-order chi connectivity index (χ1) is 9.82. The fourth-order valence-electron chi connectivity index (χ4n) is 2.25. The third-order valence-corrected chi connectivity index (χ3v) is 4.47. The molecular weight excluding hydrogens is 317 g/mol. The first-order valence-corrected chi connectivity index (χ1v) is 7.20. The van der Waals surface area contributed by atoms with Crippen molar-refractivity contribution >= 4 is 29.9 Å². The SMILES string of the molecule is CC1(C)OB(c2cc(N)cc(Cl)c2CC(F)(F)F)OC1(C)C. The zero-order valence-electron chi connectivity index (χ0n) is 12.8. The number of rotatable bonds is 2. The second kappa shape index (κ2) is 5.32. The maximum atomic E-state index is 12.8. The maximum absolute atomic E-state index is 12.8. The van der Waals surface area contributed by atoms with Gasteiger partial charge in [-0.05, 0) is 50.9 Å². The molecule has 0 spiro atoms. The summed E-state index contributed by atoms with van der Waals surface area (Å²) in [5.74, 6) is 0. The van der Waals surface area contributed by atoms with E-state index in [4.69, 9.17) is 26.6 Å². The highest BCUT2D eigenvalue weighted by Gasteiger charge is 2.52. The van der Waals surface area contributed by atoms with Crippen LogP contribution >= 0.6 is 11.6 Å². The third-order valence-electron chi connectivity index (χ3n) is 4.14. The smallest absolute Gasteiger partial charge is 0.399 e. The minimum absolute atomic E-state index is 0.0398. The van der Waals surface area contributed by atoms with Crippen LogP contribution in [0.5, 0.6) is 0 Å². The summed E-state index contributed by atoms with van der Waals surface area (Å²) in [4.78, 5) is 0. The Labute approximate surface area is 133 Å². The maximum Gasteiger partial charge on any atom is 0.495 e. The molecule has 122 valence electrons. The number of nitrogens with two attached hydrogens (primary N) is 1. The van der Waals surface area contributed by atoms with E-state index in [9.17, 15) is 13.2 Å². The van der Waals surface area contributed by atoms with Crippen molar-refractivity contribution in [3.05, 3.63) is 22.7 Å². The van der Waals surface area contributed by atoms with Gasteiger partial charge in [0, 0.05) is 10.7 Å². The Balaban J connectivity index is 2.47. The van der Waals surface area contributed by atoms with Crippen LogP contribution < -0.4 is 11.2 Å². The van der Waals surface area contributed by atoms with Gasteiger partial charge >= 0.3 is 13.3 Å². The predicted molar refractivity (Wildman–Crippen MR) is 81.3 cm³/mol. The van der Waals surface area contributed by atoms with E-state index in [1.54, 1.807) is 0 Å². The molecule has 0 aromatic heterocycles. The second-order valence-corrected chi connectivity index (χ2v) is 6.86. The van der Waals surface area contributed by atoms with Crippen LogP contribution in [0.15, 0.2) is 12.1 Å². The van der Waals surface area contributed by atoms with Crippen molar-refractivity contribution in [1.29, 1.82) is 0 Å². The van der Waals surface area contributed by atoms with Gasteiger partial charge in [0.15, 0.2) is 0 Å². The van der Waals surface area contributed by atoms with Gasteiger partial charge < -0.3 is 15.0 Å². The fraction of sp³-hybridized carbons (Fsp3) is 0.571. The largest absolute Gasteiger partial charge is 0.495 e. The van der Waals surface area contributed by atoms with Crippen molar-refractivity contribution in [2.45, 2.75) is 51.5 Å². The van der Waals surface area contributed by atoms with Crippen molar-refractivity contribution < 1.29 is 22.5 Å². The third kappa shape index (κ3) is 3.36. The molecule has 1 saturated heterocycles. The summed E-state index contributed by atoms with van der Waals surface area (Å²) >= 11 is 5.97. The number of nitrogen functional groups attached to an aromatic ring is 1. The Morgan fingerprint density at radius 2 is 1.64 bits per heavy atom. The molecule has 1 fully saturated rings. The zero-order valence-corrected chi connectivity index (χ0v) is 13.6. The van der Waals surface area contributed by atoms with Crippen LogP contribution in [-0.2, 0) is 15.7 Å². The summed E-state index contributed by atoms with van der Waals surface area (Å²) in [6.07, 6.45) is -5.55. The molecule has 0 atom stereocenters. The average Bonchev–Trinajstić information content (AvgIpc) is 2.50. The number of hydrogen-bond acceptors (Lipinski definition) is 3. The van der Waals surface area contributed by atoms with E-state index >= 15 is 0 Å². The van der Waals surface area contributed by atoms with Crippen molar-refractivity contribution in [1.82, 2.24) is 0 Å². The summed E-state index contributed by atoms with van der Waals surface area (Å²) in [5, 5.41) is -0.0398. The molecule has 0 saturated carbocycles. The molecular formula is C14H18BClF3NO2. The summed E-state index contributed by atoms with van der Waals surface area (Å²) in [6.45, 7) is 7.29. The van der Waals surface area contributed by atoms with E-state index in [0.717, 1.165) is 0 Å². The molecule has 0 bridgehead atoms. The Morgan fingerprint density at radius 3 is 2.09 bits per heavy atom. The Hall–Kier alpha value is -0.915. The van der Waals surface area contributed by atoms with Gasteiger partial charge in [-0.25, -0.2) is 0 Å². The van der Waals surface area contributed by atoms with Crippen molar-refractivity contribution in [3.63, 3.8) is 0 Å². The minimum Gasteiger partial charge on any atom is -0.399 e. The second-order valence-electron chi connectivity index (χ2n) is 6.45. The lowest BCUT2D eigenvalue weighted by atomic mass is 9.75. The fourth-order valence-corrected chi connectivity index (χ4v) is 2.55. The van der Waals surface area contributed by atoms with Crippen LogP contribution in [0.25, 0.3) is 0 Å². The van der Waals surface area contributed by atoms with Gasteiger partial charge in [0.25, 0.3) is 0 Å². The molecule has 0 radical (unpaired) electrons. The lowest BCUT2D eigenvalue weighted by Crippen LogP contribution is -2.41. The molecule has 1 aliphatic rings. The number of halogens is 4. The molecule has 2 N–H and O–H groups in total. The van der Waals surface area contributed by atoms with Crippen LogP contribution in [0.3, 0.4) is 0 Å². The van der Waals surface area contributed by atoms with E-state index in [1.165, 1.54) is 12.1 Å². The molecule has 2 rings (SSSR count). The van der Waals surface area contributed by atoms with Gasteiger partial charge in [-0.1, -0.05) is 11.6 Å². The molecule has 22 heavy (non-hydrogen) atoms. The van der Waals surface area contributed by atoms with Crippen molar-refractivity contribution in [2.24, 2.45) is 0 Å². The first-order valence-electron chi connectivity index (χ1n) is 6.82. The van der Waals surface area contributed by atoms with Crippen LogP contribution in [0.4, 0.5) is 18.9 Å². The minimum atomic E-state index is -4.39. The summed E-state index contributed by atoms with van der Waals surface area (Å²) < 4.78 is 50.1. The number of benzene rings is 1. The number of alkyl halides is 3. The Kier molecular flexibility index (Phi) is 4.22. The average molecular weight is 336 g/mol. The van der Waals surface area contributed by atoms with Gasteiger partial charge in [0.1, 0.15) is 0 Å². The summed E-state index contributed by atoms with van der Waals surface area (Å²) in [5.41, 5.74) is 4.81. The van der Waals surface area contributed by atoms with Crippen molar-refractivity contribution in [2.75, 3.05) is 5.73 Å². The molecule has 1 aromatic carbocycles. The summed E-state index contributed by atoms with van der Waals surface area (Å²) in [7, 11) is -0.941. The van der Waals surface area contributed by atoms with Gasteiger partial charge in [-0.3, -0.25) is 0 Å². The Morgan fingerprint density at radius 1 is 1.14 bits per heavy atom. The van der Waals surface area contributed by atoms with E-state index in [0.29, 0.717) is 0 Å². The van der Waals surface area contributed by atoms with Crippen LogP contribution in [0.2, 0.25) is 5.02 Å². The monoisotopic (exact) mass is 335 g/mol. The highest BCUT2D eigenvalue weighted by atomic mass is 35.5. The zero-order chi connectivity index (χ0) is 16.9. The molecule has 1 aliphatic heterocycles. The van der Waals surface area contributed by atoms with E-state index in [1.807, 2.05) is 27.7 Å². The first kappa shape index (κ1) is 17.4.